The number of halogens is 1. The molecule has 25 heavy (non-hydrogen) atoms. The average Bonchev–Trinajstić information content (AvgIpc) is 3.15. The van der Waals surface area contributed by atoms with Crippen molar-refractivity contribution in [3.05, 3.63) is 40.5 Å². The van der Waals surface area contributed by atoms with E-state index >= 15 is 0 Å². The van der Waals surface area contributed by atoms with Crippen LogP contribution >= 0.6 is 11.6 Å². The zero-order chi connectivity index (χ0) is 17.4. The fraction of sp³-hybridized carbons (Fsp3) is 0.474. The molecule has 2 fully saturated rings. The first-order valence-electron chi connectivity index (χ1n) is 8.74. The third kappa shape index (κ3) is 3.24. The summed E-state index contributed by atoms with van der Waals surface area (Å²) in [5.74, 6) is -0.00400. The highest BCUT2D eigenvalue weighted by atomic mass is 35.5. The molecule has 0 aliphatic carbocycles. The Morgan fingerprint density at radius 1 is 1.24 bits per heavy atom. The highest BCUT2D eigenvalue weighted by Crippen LogP contribution is 2.28. The summed E-state index contributed by atoms with van der Waals surface area (Å²) in [6.45, 7) is 3.79. The maximum Gasteiger partial charge on any atom is 0.256 e. The smallest absolute Gasteiger partial charge is 0.256 e. The zero-order valence-electron chi connectivity index (χ0n) is 14.2. The van der Waals surface area contributed by atoms with Crippen LogP contribution in [0.5, 0.6) is 0 Å². The Bertz CT molecular complexity index is 805. The Morgan fingerprint density at radius 3 is 2.84 bits per heavy atom. The number of carbonyl (C=O) groups is 1. The van der Waals surface area contributed by atoms with Crippen LogP contribution in [0.4, 0.5) is 0 Å². The van der Waals surface area contributed by atoms with E-state index < -0.39 is 0 Å². The Kier molecular flexibility index (Phi) is 4.63. The number of fused-ring (bicyclic) bond motifs is 1. The van der Waals surface area contributed by atoms with E-state index in [2.05, 4.69) is 4.98 Å². The molecule has 5 nitrogen and oxygen atoms in total. The molecule has 1 unspecified atom stereocenters. The number of rotatable bonds is 2. The number of aromatic nitrogens is 1. The van der Waals surface area contributed by atoms with Gasteiger partial charge in [-0.1, -0.05) is 11.6 Å². The van der Waals surface area contributed by atoms with Crippen molar-refractivity contribution in [2.75, 3.05) is 19.8 Å². The first kappa shape index (κ1) is 16.8. The van der Waals surface area contributed by atoms with Crippen molar-refractivity contribution in [3.63, 3.8) is 0 Å². The van der Waals surface area contributed by atoms with Crippen molar-refractivity contribution in [1.82, 2.24) is 9.88 Å². The number of carbonyl (C=O) groups excluding carboxylic acids is 1. The molecule has 3 heterocycles. The standard InChI is InChI=1S/C19H21ClN2O3/c1-12-15(11-13-10-14(20)5-6-16(13)21-12)18(23)22-7-3-2-4-17(22)19-24-8-9-25-19/h5-6,10-11,17,19H,2-4,7-9H2,1H3. The van der Waals surface area contributed by atoms with Gasteiger partial charge in [0.15, 0.2) is 6.29 Å². The van der Waals surface area contributed by atoms with Gasteiger partial charge < -0.3 is 14.4 Å². The van der Waals surface area contributed by atoms with Crippen molar-refractivity contribution < 1.29 is 14.3 Å². The van der Waals surface area contributed by atoms with Crippen molar-refractivity contribution in [1.29, 1.82) is 0 Å². The number of amides is 1. The number of ether oxygens (including phenoxy) is 2. The first-order valence-corrected chi connectivity index (χ1v) is 9.12. The number of piperidine rings is 1. The maximum absolute atomic E-state index is 13.3. The van der Waals surface area contributed by atoms with Crippen LogP contribution in [0.2, 0.25) is 5.02 Å². The molecule has 6 heteroatoms. The number of likely N-dealkylation sites (tertiary alicyclic amines) is 1. The Balaban J connectivity index is 1.68. The highest BCUT2D eigenvalue weighted by Gasteiger charge is 2.37. The van der Waals surface area contributed by atoms with E-state index in [1.54, 1.807) is 0 Å². The number of aryl methyl sites for hydroxylation is 1. The quantitative estimate of drug-likeness (QED) is 0.821. The van der Waals surface area contributed by atoms with Gasteiger partial charge in [-0.05, 0) is 50.5 Å². The van der Waals surface area contributed by atoms with Gasteiger partial charge in [0.25, 0.3) is 5.91 Å². The van der Waals surface area contributed by atoms with E-state index in [1.165, 1.54) is 0 Å². The summed E-state index contributed by atoms with van der Waals surface area (Å²) in [7, 11) is 0. The van der Waals surface area contributed by atoms with Gasteiger partial charge in [0.1, 0.15) is 0 Å². The summed E-state index contributed by atoms with van der Waals surface area (Å²) in [6.07, 6.45) is 2.68. The summed E-state index contributed by atoms with van der Waals surface area (Å²) in [4.78, 5) is 19.7. The lowest BCUT2D eigenvalue weighted by molar-refractivity contribution is -0.100. The number of benzene rings is 1. The van der Waals surface area contributed by atoms with Gasteiger partial charge in [0.2, 0.25) is 0 Å². The van der Waals surface area contributed by atoms with Gasteiger partial charge in [-0.3, -0.25) is 9.78 Å². The van der Waals surface area contributed by atoms with Crippen LogP contribution in [0.1, 0.15) is 35.3 Å². The SMILES string of the molecule is Cc1nc2ccc(Cl)cc2cc1C(=O)N1CCCCC1C1OCCO1. The van der Waals surface area contributed by atoms with Gasteiger partial charge in [-0.15, -0.1) is 0 Å². The summed E-state index contributed by atoms with van der Waals surface area (Å²) in [6, 6.07) is 7.40. The molecule has 1 amide bonds. The molecule has 4 rings (SSSR count). The molecule has 132 valence electrons. The summed E-state index contributed by atoms with van der Waals surface area (Å²) in [5, 5.41) is 1.52. The van der Waals surface area contributed by atoms with Crippen molar-refractivity contribution in [2.45, 2.75) is 38.5 Å². The average molecular weight is 361 g/mol. The Hall–Kier alpha value is -1.69. The third-order valence-corrected chi connectivity index (χ3v) is 5.20. The maximum atomic E-state index is 13.3. The Morgan fingerprint density at radius 2 is 2.04 bits per heavy atom. The van der Waals surface area contributed by atoms with Gasteiger partial charge >= 0.3 is 0 Å². The summed E-state index contributed by atoms with van der Waals surface area (Å²) in [5.41, 5.74) is 2.20. The lowest BCUT2D eigenvalue weighted by Gasteiger charge is -2.38. The van der Waals surface area contributed by atoms with E-state index in [0.717, 1.165) is 42.4 Å². The van der Waals surface area contributed by atoms with E-state index in [-0.39, 0.29) is 18.2 Å². The number of nitrogens with zero attached hydrogens (tertiary/aromatic N) is 2. The summed E-state index contributed by atoms with van der Waals surface area (Å²) < 4.78 is 11.4. The monoisotopic (exact) mass is 360 g/mol. The number of pyridine rings is 1. The normalized spacial score (nSPS) is 21.8. The van der Waals surface area contributed by atoms with Gasteiger partial charge in [-0.2, -0.15) is 0 Å². The molecule has 0 saturated carbocycles. The fourth-order valence-electron chi connectivity index (χ4n) is 3.71. The molecule has 0 bridgehead atoms. The van der Waals surface area contributed by atoms with Crippen LogP contribution in [-0.2, 0) is 9.47 Å². The van der Waals surface area contributed by atoms with Crippen LogP contribution in [0.15, 0.2) is 24.3 Å². The second-order valence-electron chi connectivity index (χ2n) is 6.63. The molecule has 2 aliphatic rings. The molecule has 2 saturated heterocycles. The largest absolute Gasteiger partial charge is 0.348 e. The predicted octanol–water partition coefficient (Wildman–Crippen LogP) is 3.56. The predicted molar refractivity (Wildman–Crippen MR) is 95.9 cm³/mol. The van der Waals surface area contributed by atoms with E-state index in [1.807, 2.05) is 36.1 Å². The van der Waals surface area contributed by atoms with E-state index in [9.17, 15) is 4.79 Å². The third-order valence-electron chi connectivity index (χ3n) is 4.97. The van der Waals surface area contributed by atoms with Crippen LogP contribution in [0, 0.1) is 6.92 Å². The second kappa shape index (κ2) is 6.90. The second-order valence-corrected chi connectivity index (χ2v) is 7.07. The van der Waals surface area contributed by atoms with Crippen molar-refractivity contribution in [2.24, 2.45) is 0 Å². The lowest BCUT2D eigenvalue weighted by Crippen LogP contribution is -2.50. The molecule has 2 aromatic rings. The molecule has 1 aromatic carbocycles. The minimum absolute atomic E-state index is 0.00400. The highest BCUT2D eigenvalue weighted by molar-refractivity contribution is 6.31. The summed E-state index contributed by atoms with van der Waals surface area (Å²) >= 11 is 6.09. The van der Waals surface area contributed by atoms with Crippen LogP contribution < -0.4 is 0 Å². The molecular formula is C19H21ClN2O3. The van der Waals surface area contributed by atoms with Gasteiger partial charge in [0, 0.05) is 17.0 Å². The van der Waals surface area contributed by atoms with Crippen LogP contribution in [-0.4, -0.2) is 47.9 Å². The molecule has 1 atom stereocenters. The lowest BCUT2D eigenvalue weighted by atomic mass is 9.99. The molecule has 0 spiro atoms. The molecular weight excluding hydrogens is 340 g/mol. The molecule has 0 radical (unpaired) electrons. The van der Waals surface area contributed by atoms with Gasteiger partial charge in [-0.25, -0.2) is 0 Å². The topological polar surface area (TPSA) is 51.7 Å². The minimum Gasteiger partial charge on any atom is -0.348 e. The Labute approximate surface area is 151 Å². The zero-order valence-corrected chi connectivity index (χ0v) is 15.0. The van der Waals surface area contributed by atoms with E-state index in [4.69, 9.17) is 21.1 Å². The first-order chi connectivity index (χ1) is 12.1. The molecule has 1 aromatic heterocycles. The molecule has 2 aliphatic heterocycles. The van der Waals surface area contributed by atoms with Crippen molar-refractivity contribution in [3.8, 4) is 0 Å². The van der Waals surface area contributed by atoms with Crippen LogP contribution in [0.3, 0.4) is 0 Å². The van der Waals surface area contributed by atoms with E-state index in [0.29, 0.717) is 23.8 Å². The minimum atomic E-state index is -0.313. The van der Waals surface area contributed by atoms with Crippen molar-refractivity contribution >= 4 is 28.4 Å². The molecule has 0 N–H and O–H groups in total. The van der Waals surface area contributed by atoms with Crippen LogP contribution in [0.25, 0.3) is 10.9 Å². The fourth-order valence-corrected chi connectivity index (χ4v) is 3.89. The number of hydrogen-bond donors (Lipinski definition) is 0. The number of hydrogen-bond acceptors (Lipinski definition) is 4. The van der Waals surface area contributed by atoms with Gasteiger partial charge in [0.05, 0.1) is 36.0 Å².